The second kappa shape index (κ2) is 5.00. The fraction of sp³-hybridized carbons (Fsp3) is 0.500. The van der Waals surface area contributed by atoms with Crippen molar-refractivity contribution in [2.75, 3.05) is 20.3 Å². The quantitative estimate of drug-likeness (QED) is 0.784. The van der Waals surface area contributed by atoms with Crippen LogP contribution in [0.2, 0.25) is 0 Å². The van der Waals surface area contributed by atoms with Gasteiger partial charge in [-0.3, -0.25) is 0 Å². The van der Waals surface area contributed by atoms with E-state index in [1.807, 2.05) is 18.2 Å². The molecule has 1 fully saturated rings. The summed E-state index contributed by atoms with van der Waals surface area (Å²) in [5.41, 5.74) is 1.01. The van der Waals surface area contributed by atoms with Gasteiger partial charge in [-0.25, -0.2) is 0 Å². The Kier molecular flexibility index (Phi) is 3.80. The van der Waals surface area contributed by atoms with Crippen LogP contribution in [0.5, 0.6) is 5.75 Å². The largest absolute Gasteiger partial charge is 0.497 e. The lowest BCUT2D eigenvalue weighted by Crippen LogP contribution is -2.47. The van der Waals surface area contributed by atoms with Crippen LogP contribution >= 0.6 is 15.9 Å². The van der Waals surface area contributed by atoms with Crippen LogP contribution < -0.4 is 10.2 Å². The highest BCUT2D eigenvalue weighted by Gasteiger charge is 2.35. The normalized spacial score (nSPS) is 19.2. The third-order valence-corrected chi connectivity index (χ3v) is 3.19. The Hall–Kier alpha value is -0.515. The number of hydrogen-bond donors (Lipinski definition) is 0. The Balaban J connectivity index is 2.20. The third-order valence-electron chi connectivity index (χ3n) is 2.70. The van der Waals surface area contributed by atoms with Crippen molar-refractivity contribution >= 4 is 28.5 Å². The van der Waals surface area contributed by atoms with Crippen LogP contribution in [0.4, 0.5) is 0 Å². The van der Waals surface area contributed by atoms with Crippen molar-refractivity contribution in [3.63, 3.8) is 0 Å². The van der Waals surface area contributed by atoms with Crippen molar-refractivity contribution in [2.24, 2.45) is 5.41 Å². The maximum absolute atomic E-state index is 5.75. The van der Waals surface area contributed by atoms with Gasteiger partial charge in [0.25, 0.3) is 0 Å². The molecule has 0 atom stereocenters. The fourth-order valence-electron chi connectivity index (χ4n) is 1.76. The van der Waals surface area contributed by atoms with Crippen molar-refractivity contribution < 1.29 is 14.0 Å². The lowest BCUT2D eigenvalue weighted by atomic mass is 9.75. The van der Waals surface area contributed by atoms with E-state index in [4.69, 9.17) is 14.0 Å². The summed E-state index contributed by atoms with van der Waals surface area (Å²) in [7, 11) is 1.31. The molecule has 0 N–H and O–H groups in total. The lowest BCUT2D eigenvalue weighted by Gasteiger charge is -2.33. The SMILES string of the molecule is COc1ccc(Br)cc1B1OCC(C)(C)CO1. The lowest BCUT2D eigenvalue weighted by molar-refractivity contribution is 0.0341. The van der Waals surface area contributed by atoms with Gasteiger partial charge >= 0.3 is 7.12 Å². The van der Waals surface area contributed by atoms with Gasteiger partial charge in [-0.1, -0.05) is 29.8 Å². The Morgan fingerprint density at radius 2 is 1.94 bits per heavy atom. The topological polar surface area (TPSA) is 27.7 Å². The average Bonchev–Trinajstić information content (AvgIpc) is 2.29. The van der Waals surface area contributed by atoms with Crippen molar-refractivity contribution in [2.45, 2.75) is 13.8 Å². The second-order valence-electron chi connectivity index (χ2n) is 5.00. The van der Waals surface area contributed by atoms with Gasteiger partial charge in [0.05, 0.1) is 7.11 Å². The van der Waals surface area contributed by atoms with Crippen LogP contribution in [0, 0.1) is 5.41 Å². The van der Waals surface area contributed by atoms with E-state index in [-0.39, 0.29) is 12.5 Å². The van der Waals surface area contributed by atoms with Crippen LogP contribution in [-0.2, 0) is 9.31 Å². The molecule has 0 aromatic heterocycles. The Bertz CT molecular complexity index is 399. The molecule has 0 radical (unpaired) electrons. The summed E-state index contributed by atoms with van der Waals surface area (Å²) in [5, 5.41) is 0. The van der Waals surface area contributed by atoms with Gasteiger partial charge in [-0.2, -0.15) is 0 Å². The molecule has 2 rings (SSSR count). The summed E-state index contributed by atoms with van der Waals surface area (Å²) in [4.78, 5) is 0. The first-order valence-corrected chi connectivity index (χ1v) is 6.38. The highest BCUT2D eigenvalue weighted by atomic mass is 79.9. The van der Waals surface area contributed by atoms with Gasteiger partial charge in [-0.05, 0) is 18.2 Å². The third kappa shape index (κ3) is 3.03. The number of rotatable bonds is 2. The first-order chi connectivity index (χ1) is 8.02. The summed E-state index contributed by atoms with van der Waals surface area (Å²) < 4.78 is 17.8. The predicted octanol–water partition coefficient (Wildman–Crippen LogP) is 2.23. The van der Waals surface area contributed by atoms with Crippen LogP contribution in [-0.4, -0.2) is 27.4 Å². The molecular formula is C12H16BBrO3. The first kappa shape index (κ1) is 12.9. The van der Waals surface area contributed by atoms with E-state index in [1.165, 1.54) is 0 Å². The Labute approximate surface area is 111 Å². The molecule has 0 bridgehead atoms. The summed E-state index contributed by atoms with van der Waals surface area (Å²) in [5.74, 6) is 0.790. The minimum absolute atomic E-state index is 0.0791. The van der Waals surface area contributed by atoms with Gasteiger partial charge < -0.3 is 14.0 Å². The molecule has 3 nitrogen and oxygen atoms in total. The standard InChI is InChI=1S/C12H16BBrO3/c1-12(2)7-16-13(17-8-12)10-6-9(14)4-5-11(10)15-3/h4-6H,7-8H2,1-3H3. The van der Waals surface area contributed by atoms with Gasteiger partial charge in [0.15, 0.2) is 0 Å². The average molecular weight is 299 g/mol. The first-order valence-electron chi connectivity index (χ1n) is 5.58. The van der Waals surface area contributed by atoms with Crippen molar-refractivity contribution in [3.8, 4) is 5.75 Å². The minimum Gasteiger partial charge on any atom is -0.497 e. The molecule has 0 aliphatic carbocycles. The number of halogens is 1. The maximum Gasteiger partial charge on any atom is 0.497 e. The Morgan fingerprint density at radius 1 is 1.29 bits per heavy atom. The highest BCUT2D eigenvalue weighted by molar-refractivity contribution is 9.10. The molecule has 92 valence electrons. The van der Waals surface area contributed by atoms with Gasteiger partial charge in [0.2, 0.25) is 0 Å². The molecule has 0 unspecified atom stereocenters. The van der Waals surface area contributed by atoms with Crippen molar-refractivity contribution in [1.29, 1.82) is 0 Å². The number of hydrogen-bond acceptors (Lipinski definition) is 3. The summed E-state index contributed by atoms with van der Waals surface area (Å²) in [6.07, 6.45) is 0. The zero-order valence-corrected chi connectivity index (χ0v) is 11.9. The van der Waals surface area contributed by atoms with E-state index in [2.05, 4.69) is 29.8 Å². The second-order valence-corrected chi connectivity index (χ2v) is 5.92. The fourth-order valence-corrected chi connectivity index (χ4v) is 2.14. The molecule has 1 aromatic rings. The van der Waals surface area contributed by atoms with Crippen LogP contribution in [0.15, 0.2) is 22.7 Å². The van der Waals surface area contributed by atoms with E-state index >= 15 is 0 Å². The van der Waals surface area contributed by atoms with Crippen LogP contribution in [0.3, 0.4) is 0 Å². The van der Waals surface area contributed by atoms with E-state index in [9.17, 15) is 0 Å². The minimum atomic E-state index is -0.338. The molecule has 0 saturated carbocycles. The number of ether oxygens (including phenoxy) is 1. The van der Waals surface area contributed by atoms with E-state index < -0.39 is 0 Å². The monoisotopic (exact) mass is 298 g/mol. The Morgan fingerprint density at radius 3 is 2.53 bits per heavy atom. The number of methoxy groups -OCH3 is 1. The van der Waals surface area contributed by atoms with Crippen LogP contribution in [0.25, 0.3) is 0 Å². The molecule has 1 aromatic carbocycles. The molecular weight excluding hydrogens is 283 g/mol. The molecule has 5 heteroatoms. The van der Waals surface area contributed by atoms with E-state index in [0.29, 0.717) is 13.2 Å². The highest BCUT2D eigenvalue weighted by Crippen LogP contribution is 2.23. The zero-order chi connectivity index (χ0) is 12.5. The van der Waals surface area contributed by atoms with E-state index in [1.54, 1.807) is 7.11 Å². The molecule has 1 heterocycles. The summed E-state index contributed by atoms with van der Waals surface area (Å²) in [6.45, 7) is 5.63. The van der Waals surface area contributed by atoms with Crippen molar-refractivity contribution in [1.82, 2.24) is 0 Å². The maximum atomic E-state index is 5.75. The summed E-state index contributed by atoms with van der Waals surface area (Å²) >= 11 is 3.45. The molecule has 1 aliphatic heterocycles. The van der Waals surface area contributed by atoms with Crippen molar-refractivity contribution in [3.05, 3.63) is 22.7 Å². The van der Waals surface area contributed by atoms with E-state index in [0.717, 1.165) is 15.7 Å². The number of benzene rings is 1. The molecule has 0 spiro atoms. The summed E-state index contributed by atoms with van der Waals surface area (Å²) in [6, 6.07) is 5.82. The predicted molar refractivity (Wildman–Crippen MR) is 71.8 cm³/mol. The smallest absolute Gasteiger partial charge is 0.497 e. The van der Waals surface area contributed by atoms with Gasteiger partial charge in [0, 0.05) is 28.6 Å². The van der Waals surface area contributed by atoms with Gasteiger partial charge in [0.1, 0.15) is 5.75 Å². The van der Waals surface area contributed by atoms with Crippen LogP contribution in [0.1, 0.15) is 13.8 Å². The zero-order valence-electron chi connectivity index (χ0n) is 10.3. The molecule has 17 heavy (non-hydrogen) atoms. The van der Waals surface area contributed by atoms with Gasteiger partial charge in [-0.15, -0.1) is 0 Å². The molecule has 1 aliphatic rings. The molecule has 0 amide bonds. The molecule has 1 saturated heterocycles.